The quantitative estimate of drug-likeness (QED) is 0.592. The molecule has 0 bridgehead atoms. The molecule has 1 aromatic carbocycles. The Kier molecular flexibility index (Phi) is 4.41. The Balaban J connectivity index is 2.94. The van der Waals surface area contributed by atoms with Gasteiger partial charge in [0, 0.05) is 12.5 Å². The summed E-state index contributed by atoms with van der Waals surface area (Å²) in [5.41, 5.74) is 3.54. The third kappa shape index (κ3) is 2.78. The van der Waals surface area contributed by atoms with Gasteiger partial charge in [0.2, 0.25) is 0 Å². The van der Waals surface area contributed by atoms with E-state index in [0.717, 1.165) is 5.56 Å². The van der Waals surface area contributed by atoms with Crippen LogP contribution in [0.25, 0.3) is 0 Å². The van der Waals surface area contributed by atoms with Crippen molar-refractivity contribution < 1.29 is 9.13 Å². The molecule has 0 aliphatic heterocycles. The molecule has 0 amide bonds. The summed E-state index contributed by atoms with van der Waals surface area (Å²) in [7, 11) is 1.63. The average Bonchev–Trinajstić information content (AvgIpc) is 2.26. The lowest BCUT2D eigenvalue weighted by atomic mass is 9.78. The van der Waals surface area contributed by atoms with E-state index in [9.17, 15) is 4.39 Å². The summed E-state index contributed by atoms with van der Waals surface area (Å²) in [5, 5.41) is 0. The second-order valence-corrected chi connectivity index (χ2v) is 4.40. The first kappa shape index (κ1) is 13.1. The van der Waals surface area contributed by atoms with Crippen molar-refractivity contribution in [2.75, 3.05) is 13.7 Å². The van der Waals surface area contributed by atoms with E-state index in [1.54, 1.807) is 19.2 Å². The van der Waals surface area contributed by atoms with E-state index in [1.807, 2.05) is 13.8 Å². The minimum atomic E-state index is -0.233. The molecule has 0 radical (unpaired) electrons. The van der Waals surface area contributed by atoms with Crippen LogP contribution >= 0.6 is 0 Å². The zero-order chi connectivity index (χ0) is 12.2. The van der Waals surface area contributed by atoms with Gasteiger partial charge < -0.3 is 4.74 Å². The van der Waals surface area contributed by atoms with Crippen molar-refractivity contribution in [3.63, 3.8) is 0 Å². The molecule has 1 atom stereocenters. The lowest BCUT2D eigenvalue weighted by Crippen LogP contribution is -2.50. The first-order chi connectivity index (χ1) is 7.52. The van der Waals surface area contributed by atoms with Gasteiger partial charge in [-0.1, -0.05) is 26.0 Å². The lowest BCUT2D eigenvalue weighted by Gasteiger charge is -2.34. The SMILES string of the molecule is COCC(NN)C(C)(C)c1ccc(F)cc1. The zero-order valence-electron chi connectivity index (χ0n) is 9.96. The minimum Gasteiger partial charge on any atom is -0.383 e. The van der Waals surface area contributed by atoms with Crippen LogP contribution in [0.4, 0.5) is 4.39 Å². The summed E-state index contributed by atoms with van der Waals surface area (Å²) in [5.74, 6) is 5.28. The lowest BCUT2D eigenvalue weighted by molar-refractivity contribution is 0.135. The summed E-state index contributed by atoms with van der Waals surface area (Å²) in [6, 6.07) is 6.43. The van der Waals surface area contributed by atoms with E-state index in [4.69, 9.17) is 10.6 Å². The van der Waals surface area contributed by atoms with Crippen molar-refractivity contribution in [1.29, 1.82) is 0 Å². The molecule has 0 aromatic heterocycles. The van der Waals surface area contributed by atoms with Crippen LogP contribution in [-0.4, -0.2) is 19.8 Å². The van der Waals surface area contributed by atoms with Crippen LogP contribution in [0.15, 0.2) is 24.3 Å². The molecule has 0 aliphatic rings. The van der Waals surface area contributed by atoms with Crippen LogP contribution in [-0.2, 0) is 10.2 Å². The van der Waals surface area contributed by atoms with Crippen LogP contribution in [0, 0.1) is 5.82 Å². The maximum Gasteiger partial charge on any atom is 0.123 e. The Hall–Kier alpha value is -0.970. The number of benzene rings is 1. The summed E-state index contributed by atoms with van der Waals surface area (Å²) in [4.78, 5) is 0. The van der Waals surface area contributed by atoms with Crippen molar-refractivity contribution >= 4 is 0 Å². The van der Waals surface area contributed by atoms with E-state index in [0.29, 0.717) is 6.61 Å². The predicted molar refractivity (Wildman–Crippen MR) is 62.4 cm³/mol. The van der Waals surface area contributed by atoms with Gasteiger partial charge in [0.05, 0.1) is 12.6 Å². The van der Waals surface area contributed by atoms with Crippen molar-refractivity contribution in [2.45, 2.75) is 25.3 Å². The number of rotatable bonds is 5. The molecule has 0 aliphatic carbocycles. The Morgan fingerprint density at radius 3 is 2.38 bits per heavy atom. The Morgan fingerprint density at radius 1 is 1.38 bits per heavy atom. The molecule has 90 valence electrons. The van der Waals surface area contributed by atoms with Crippen LogP contribution in [0.5, 0.6) is 0 Å². The van der Waals surface area contributed by atoms with Crippen LogP contribution < -0.4 is 11.3 Å². The maximum atomic E-state index is 12.8. The second kappa shape index (κ2) is 5.39. The third-order valence-electron chi connectivity index (χ3n) is 2.99. The Morgan fingerprint density at radius 2 is 1.94 bits per heavy atom. The van der Waals surface area contributed by atoms with Crippen molar-refractivity contribution in [1.82, 2.24) is 5.43 Å². The van der Waals surface area contributed by atoms with Gasteiger partial charge in [-0.25, -0.2) is 4.39 Å². The van der Waals surface area contributed by atoms with Crippen molar-refractivity contribution in [3.8, 4) is 0 Å². The number of hydrogen-bond acceptors (Lipinski definition) is 3. The van der Waals surface area contributed by atoms with Crippen molar-refractivity contribution in [3.05, 3.63) is 35.6 Å². The van der Waals surface area contributed by atoms with Crippen LogP contribution in [0.3, 0.4) is 0 Å². The summed E-state index contributed by atoms with van der Waals surface area (Å²) in [6.07, 6.45) is 0. The average molecular weight is 226 g/mol. The first-order valence-corrected chi connectivity index (χ1v) is 5.23. The molecule has 3 N–H and O–H groups in total. The predicted octanol–water partition coefficient (Wildman–Crippen LogP) is 1.58. The van der Waals surface area contributed by atoms with E-state index in [-0.39, 0.29) is 17.3 Å². The molecular formula is C12H19FN2O. The monoisotopic (exact) mass is 226 g/mol. The van der Waals surface area contributed by atoms with Gasteiger partial charge in [-0.15, -0.1) is 0 Å². The molecule has 1 rings (SSSR count). The van der Waals surface area contributed by atoms with E-state index >= 15 is 0 Å². The zero-order valence-corrected chi connectivity index (χ0v) is 9.96. The highest BCUT2D eigenvalue weighted by atomic mass is 19.1. The third-order valence-corrected chi connectivity index (χ3v) is 2.99. The molecule has 16 heavy (non-hydrogen) atoms. The molecule has 0 fully saturated rings. The standard InChI is InChI=1S/C12H19FN2O/c1-12(2,11(15-14)8-16-3)9-4-6-10(13)7-5-9/h4-7,11,15H,8,14H2,1-3H3. The number of nitrogens with two attached hydrogens (primary N) is 1. The highest BCUT2D eigenvalue weighted by Crippen LogP contribution is 2.27. The van der Waals surface area contributed by atoms with Gasteiger partial charge in [-0.05, 0) is 17.7 Å². The highest BCUT2D eigenvalue weighted by molar-refractivity contribution is 5.26. The normalized spacial score (nSPS) is 13.8. The number of hydrazine groups is 1. The maximum absolute atomic E-state index is 12.8. The number of methoxy groups -OCH3 is 1. The molecule has 0 saturated heterocycles. The molecule has 0 heterocycles. The minimum absolute atomic E-state index is 0.0250. The summed E-state index contributed by atoms with van der Waals surface area (Å²) >= 11 is 0. The van der Waals surface area contributed by atoms with E-state index < -0.39 is 0 Å². The highest BCUT2D eigenvalue weighted by Gasteiger charge is 2.30. The fourth-order valence-corrected chi connectivity index (χ4v) is 1.71. The van der Waals surface area contributed by atoms with Gasteiger partial charge in [-0.3, -0.25) is 11.3 Å². The van der Waals surface area contributed by atoms with Gasteiger partial charge in [0.1, 0.15) is 5.82 Å². The van der Waals surface area contributed by atoms with Gasteiger partial charge in [0.25, 0.3) is 0 Å². The molecule has 4 heteroatoms. The van der Waals surface area contributed by atoms with Crippen molar-refractivity contribution in [2.24, 2.45) is 5.84 Å². The summed E-state index contributed by atoms with van der Waals surface area (Å²) in [6.45, 7) is 4.59. The number of halogens is 1. The van der Waals surface area contributed by atoms with Crippen LogP contribution in [0.2, 0.25) is 0 Å². The van der Waals surface area contributed by atoms with E-state index in [2.05, 4.69) is 5.43 Å². The fourth-order valence-electron chi connectivity index (χ4n) is 1.71. The molecule has 3 nitrogen and oxygen atoms in total. The number of nitrogens with one attached hydrogen (secondary N) is 1. The molecule has 0 spiro atoms. The number of ether oxygens (including phenoxy) is 1. The first-order valence-electron chi connectivity index (χ1n) is 5.23. The molecular weight excluding hydrogens is 207 g/mol. The Labute approximate surface area is 95.8 Å². The molecule has 0 saturated carbocycles. The fraction of sp³-hybridized carbons (Fsp3) is 0.500. The van der Waals surface area contributed by atoms with Gasteiger partial charge >= 0.3 is 0 Å². The van der Waals surface area contributed by atoms with Crippen LogP contribution in [0.1, 0.15) is 19.4 Å². The molecule has 1 aromatic rings. The Bertz CT molecular complexity index is 324. The topological polar surface area (TPSA) is 47.3 Å². The van der Waals surface area contributed by atoms with E-state index in [1.165, 1.54) is 12.1 Å². The largest absolute Gasteiger partial charge is 0.383 e. The van der Waals surface area contributed by atoms with Gasteiger partial charge in [0.15, 0.2) is 0 Å². The molecule has 1 unspecified atom stereocenters. The second-order valence-electron chi connectivity index (χ2n) is 4.40. The smallest absolute Gasteiger partial charge is 0.123 e. The number of hydrogen-bond donors (Lipinski definition) is 2. The van der Waals surface area contributed by atoms with Gasteiger partial charge in [-0.2, -0.15) is 0 Å². The summed E-state index contributed by atoms with van der Waals surface area (Å²) < 4.78 is 18.0.